The largest absolute Gasteiger partial charge is 0.484 e. The summed E-state index contributed by atoms with van der Waals surface area (Å²) in [5.74, 6) is 5.34. The molecule has 0 bridgehead atoms. The molecule has 1 saturated heterocycles. The van der Waals surface area contributed by atoms with E-state index in [2.05, 4.69) is 5.43 Å². The lowest BCUT2D eigenvalue weighted by Crippen LogP contribution is -2.45. The summed E-state index contributed by atoms with van der Waals surface area (Å²) in [4.78, 5) is 25.1. The average Bonchev–Trinajstić information content (AvgIpc) is 2.53. The Morgan fingerprint density at radius 3 is 2.48 bits per heavy atom. The van der Waals surface area contributed by atoms with E-state index in [-0.39, 0.29) is 24.3 Å². The Bertz CT molecular complexity index is 499. The van der Waals surface area contributed by atoms with Crippen molar-refractivity contribution in [3.05, 3.63) is 29.3 Å². The summed E-state index contributed by atoms with van der Waals surface area (Å²) < 4.78 is 5.42. The van der Waals surface area contributed by atoms with E-state index >= 15 is 0 Å². The molecule has 0 saturated carbocycles. The van der Waals surface area contributed by atoms with Gasteiger partial charge in [-0.3, -0.25) is 15.0 Å². The van der Waals surface area contributed by atoms with Crippen molar-refractivity contribution >= 4 is 23.4 Å². The van der Waals surface area contributed by atoms with Crippen molar-refractivity contribution in [1.29, 1.82) is 0 Å². The Morgan fingerprint density at radius 2 is 1.90 bits per heavy atom. The molecule has 0 spiro atoms. The molecule has 114 valence electrons. The number of amides is 2. The molecule has 1 fully saturated rings. The van der Waals surface area contributed by atoms with Gasteiger partial charge in [0.15, 0.2) is 6.61 Å². The summed E-state index contributed by atoms with van der Waals surface area (Å²) in [5, 5.41) is 0.619. The van der Waals surface area contributed by atoms with Crippen LogP contribution in [0.3, 0.4) is 0 Å². The monoisotopic (exact) mass is 311 g/mol. The van der Waals surface area contributed by atoms with Crippen LogP contribution in [0.5, 0.6) is 5.75 Å². The first kappa shape index (κ1) is 15.6. The second kappa shape index (κ2) is 7.28. The van der Waals surface area contributed by atoms with Crippen molar-refractivity contribution in [1.82, 2.24) is 10.3 Å². The minimum absolute atomic E-state index is 0.0185. The minimum Gasteiger partial charge on any atom is -0.484 e. The van der Waals surface area contributed by atoms with Gasteiger partial charge in [0, 0.05) is 24.0 Å². The molecular formula is C14H18ClN3O3. The zero-order valence-electron chi connectivity index (χ0n) is 11.5. The van der Waals surface area contributed by atoms with Crippen molar-refractivity contribution in [3.8, 4) is 5.75 Å². The van der Waals surface area contributed by atoms with E-state index in [9.17, 15) is 9.59 Å². The fourth-order valence-electron chi connectivity index (χ4n) is 2.28. The number of nitrogens with one attached hydrogen (secondary N) is 1. The third-order valence-electron chi connectivity index (χ3n) is 3.54. The van der Waals surface area contributed by atoms with E-state index in [1.54, 1.807) is 29.2 Å². The molecule has 1 aromatic rings. The first-order valence-corrected chi connectivity index (χ1v) is 7.14. The van der Waals surface area contributed by atoms with Gasteiger partial charge in [0.1, 0.15) is 5.75 Å². The molecule has 21 heavy (non-hydrogen) atoms. The minimum atomic E-state index is -0.167. The number of carbonyl (C=O) groups excluding carboxylic acids is 2. The number of halogens is 1. The van der Waals surface area contributed by atoms with Crippen molar-refractivity contribution in [2.45, 2.75) is 12.8 Å². The third kappa shape index (κ3) is 4.34. The molecule has 2 rings (SSSR count). The highest BCUT2D eigenvalue weighted by Gasteiger charge is 2.26. The lowest BCUT2D eigenvalue weighted by atomic mass is 9.96. The number of hydrazine groups is 1. The summed E-state index contributed by atoms with van der Waals surface area (Å²) in [6.07, 6.45) is 1.24. The van der Waals surface area contributed by atoms with Crippen LogP contribution in [0.25, 0.3) is 0 Å². The molecule has 7 heteroatoms. The summed E-state index contributed by atoms with van der Waals surface area (Å²) in [5.41, 5.74) is 2.15. The normalized spacial score (nSPS) is 15.6. The Kier molecular flexibility index (Phi) is 5.41. The first-order valence-electron chi connectivity index (χ1n) is 6.76. The molecule has 1 aromatic carbocycles. The van der Waals surface area contributed by atoms with E-state index in [1.807, 2.05) is 0 Å². The van der Waals surface area contributed by atoms with Crippen LogP contribution in [0, 0.1) is 5.92 Å². The van der Waals surface area contributed by atoms with E-state index < -0.39 is 0 Å². The predicted octanol–water partition coefficient (Wildman–Crippen LogP) is 0.947. The number of nitrogens with two attached hydrogens (primary N) is 1. The number of likely N-dealkylation sites (tertiary alicyclic amines) is 1. The molecule has 3 N–H and O–H groups in total. The SMILES string of the molecule is NNC(=O)C1CCN(C(=O)COc2ccc(Cl)cc2)CC1. The lowest BCUT2D eigenvalue weighted by molar-refractivity contribution is -0.137. The van der Waals surface area contributed by atoms with Crippen molar-refractivity contribution < 1.29 is 14.3 Å². The van der Waals surface area contributed by atoms with Gasteiger partial charge in [-0.25, -0.2) is 5.84 Å². The third-order valence-corrected chi connectivity index (χ3v) is 3.79. The number of ether oxygens (including phenoxy) is 1. The highest BCUT2D eigenvalue weighted by Crippen LogP contribution is 2.18. The van der Waals surface area contributed by atoms with Gasteiger partial charge < -0.3 is 9.64 Å². The van der Waals surface area contributed by atoms with Crippen LogP contribution in [0.1, 0.15) is 12.8 Å². The van der Waals surface area contributed by atoms with Crippen LogP contribution >= 0.6 is 11.6 Å². The fraction of sp³-hybridized carbons (Fsp3) is 0.429. The molecule has 0 aromatic heterocycles. The fourth-order valence-corrected chi connectivity index (χ4v) is 2.40. The molecule has 1 aliphatic rings. The number of piperidine rings is 1. The van der Waals surface area contributed by atoms with Crippen molar-refractivity contribution in [3.63, 3.8) is 0 Å². The molecule has 6 nitrogen and oxygen atoms in total. The summed E-state index contributed by atoms with van der Waals surface area (Å²) in [7, 11) is 0. The zero-order chi connectivity index (χ0) is 15.2. The Balaban J connectivity index is 1.77. The molecule has 2 amide bonds. The first-order chi connectivity index (χ1) is 10.1. The van der Waals surface area contributed by atoms with Gasteiger partial charge in [0.2, 0.25) is 5.91 Å². The molecule has 0 unspecified atom stereocenters. The van der Waals surface area contributed by atoms with Gasteiger partial charge in [0.25, 0.3) is 5.91 Å². The van der Waals surface area contributed by atoms with Crippen LogP contribution < -0.4 is 16.0 Å². The number of hydrogen-bond donors (Lipinski definition) is 2. The predicted molar refractivity (Wildman–Crippen MR) is 78.6 cm³/mol. The van der Waals surface area contributed by atoms with E-state index in [0.29, 0.717) is 36.7 Å². The number of carbonyl (C=O) groups is 2. The topological polar surface area (TPSA) is 84.7 Å². The van der Waals surface area contributed by atoms with Crippen LogP contribution in [0.15, 0.2) is 24.3 Å². The summed E-state index contributed by atoms with van der Waals surface area (Å²) >= 11 is 5.77. The molecule has 0 atom stereocenters. The highest BCUT2D eigenvalue weighted by molar-refractivity contribution is 6.30. The van der Waals surface area contributed by atoms with Crippen LogP contribution in [-0.4, -0.2) is 36.4 Å². The van der Waals surface area contributed by atoms with Gasteiger partial charge in [-0.15, -0.1) is 0 Å². The van der Waals surface area contributed by atoms with E-state index in [1.165, 1.54) is 0 Å². The molecule has 1 aliphatic heterocycles. The van der Waals surface area contributed by atoms with Gasteiger partial charge in [-0.1, -0.05) is 11.6 Å². The van der Waals surface area contributed by atoms with Gasteiger partial charge >= 0.3 is 0 Å². The number of nitrogens with zero attached hydrogens (tertiary/aromatic N) is 1. The molecule has 1 heterocycles. The van der Waals surface area contributed by atoms with Crippen LogP contribution in [-0.2, 0) is 9.59 Å². The molecule has 0 aliphatic carbocycles. The van der Waals surface area contributed by atoms with E-state index in [4.69, 9.17) is 22.2 Å². The number of hydrogen-bond acceptors (Lipinski definition) is 4. The standard InChI is InChI=1S/C14H18ClN3O3/c15-11-1-3-12(4-2-11)21-9-13(19)18-7-5-10(6-8-18)14(20)17-16/h1-4,10H,5-9,16H2,(H,17,20). The summed E-state index contributed by atoms with van der Waals surface area (Å²) in [6, 6.07) is 6.84. The highest BCUT2D eigenvalue weighted by atomic mass is 35.5. The number of benzene rings is 1. The van der Waals surface area contributed by atoms with Crippen molar-refractivity contribution in [2.24, 2.45) is 11.8 Å². The van der Waals surface area contributed by atoms with Gasteiger partial charge in [-0.2, -0.15) is 0 Å². The average molecular weight is 312 g/mol. The smallest absolute Gasteiger partial charge is 0.260 e. The second-order valence-corrected chi connectivity index (χ2v) is 5.34. The molecular weight excluding hydrogens is 294 g/mol. The zero-order valence-corrected chi connectivity index (χ0v) is 12.3. The lowest BCUT2D eigenvalue weighted by Gasteiger charge is -2.30. The van der Waals surface area contributed by atoms with Crippen LogP contribution in [0.2, 0.25) is 5.02 Å². The number of rotatable bonds is 4. The maximum absolute atomic E-state index is 12.0. The maximum atomic E-state index is 12.0. The maximum Gasteiger partial charge on any atom is 0.260 e. The second-order valence-electron chi connectivity index (χ2n) is 4.91. The van der Waals surface area contributed by atoms with Gasteiger partial charge in [0.05, 0.1) is 0 Å². The van der Waals surface area contributed by atoms with E-state index in [0.717, 1.165) is 0 Å². The quantitative estimate of drug-likeness (QED) is 0.492. The van der Waals surface area contributed by atoms with Crippen molar-refractivity contribution in [2.75, 3.05) is 19.7 Å². The summed E-state index contributed by atoms with van der Waals surface area (Å²) in [6.45, 7) is 1.07. The molecule has 0 radical (unpaired) electrons. The Morgan fingerprint density at radius 1 is 1.29 bits per heavy atom. The Labute approximate surface area is 128 Å². The van der Waals surface area contributed by atoms with Crippen LogP contribution in [0.4, 0.5) is 0 Å². The van der Waals surface area contributed by atoms with Gasteiger partial charge in [-0.05, 0) is 37.1 Å². The Hall–Kier alpha value is -1.79.